The van der Waals surface area contributed by atoms with Crippen molar-refractivity contribution in [2.24, 2.45) is 10.8 Å². The maximum Gasteiger partial charge on any atom is 0.246 e. The lowest BCUT2D eigenvalue weighted by atomic mass is 10.2. The Morgan fingerprint density at radius 1 is 1.90 bits per heavy atom. The van der Waals surface area contributed by atoms with Gasteiger partial charge in [-0.3, -0.25) is 9.80 Å². The highest BCUT2D eigenvalue weighted by atomic mass is 16.1. The van der Waals surface area contributed by atoms with Crippen molar-refractivity contribution in [3.8, 4) is 0 Å². The largest absolute Gasteiger partial charge is 0.366 e. The minimum absolute atomic E-state index is 0.377. The van der Waals surface area contributed by atoms with E-state index >= 15 is 0 Å². The zero-order chi connectivity index (χ0) is 7.56. The molecule has 0 saturated heterocycles. The van der Waals surface area contributed by atoms with Crippen molar-refractivity contribution in [3.63, 3.8) is 0 Å². The van der Waals surface area contributed by atoms with Crippen LogP contribution in [0.1, 0.15) is 6.42 Å². The molecule has 1 aliphatic rings. The second kappa shape index (κ2) is 2.51. The van der Waals surface area contributed by atoms with E-state index < -0.39 is 0 Å². The Labute approximate surface area is 59.0 Å². The van der Waals surface area contributed by atoms with Gasteiger partial charge in [0, 0.05) is 31.5 Å². The van der Waals surface area contributed by atoms with Gasteiger partial charge in [0.25, 0.3) is 0 Å². The molecule has 0 radical (unpaired) electrons. The smallest absolute Gasteiger partial charge is 0.246 e. The summed E-state index contributed by atoms with van der Waals surface area (Å²) >= 11 is 0. The fraction of sp³-hybridized carbons (Fsp3) is 0.333. The van der Waals surface area contributed by atoms with Crippen LogP contribution in [0.3, 0.4) is 0 Å². The fourth-order valence-corrected chi connectivity index (χ4v) is 0.744. The van der Waals surface area contributed by atoms with E-state index in [0.29, 0.717) is 12.0 Å². The van der Waals surface area contributed by atoms with Gasteiger partial charge in [0.15, 0.2) is 0 Å². The summed E-state index contributed by atoms with van der Waals surface area (Å²) in [6.45, 7) is 0. The van der Waals surface area contributed by atoms with Gasteiger partial charge in [-0.1, -0.05) is 0 Å². The van der Waals surface area contributed by atoms with Crippen LogP contribution in [0, 0.1) is 0 Å². The summed E-state index contributed by atoms with van der Waals surface area (Å²) in [7, 11) is 1.75. The van der Waals surface area contributed by atoms with Crippen LogP contribution in [-0.2, 0) is 4.79 Å². The second-order valence-electron chi connectivity index (χ2n) is 2.09. The highest BCUT2D eigenvalue weighted by molar-refractivity contribution is 5.95. The van der Waals surface area contributed by atoms with E-state index in [1.807, 2.05) is 0 Å². The van der Waals surface area contributed by atoms with Crippen molar-refractivity contribution >= 4 is 12.1 Å². The Balaban J connectivity index is 2.71. The first kappa shape index (κ1) is 6.80. The number of rotatable bonds is 1. The number of hydrazone groups is 1. The molecule has 54 valence electrons. The fourth-order valence-electron chi connectivity index (χ4n) is 0.744. The second-order valence-corrected chi connectivity index (χ2v) is 2.09. The Kier molecular flexibility index (Phi) is 1.71. The van der Waals surface area contributed by atoms with E-state index in [0.717, 1.165) is 0 Å². The lowest BCUT2D eigenvalue weighted by Gasteiger charge is -2.12. The summed E-state index contributed by atoms with van der Waals surface area (Å²) in [5.41, 5.74) is 5.63. The summed E-state index contributed by atoms with van der Waals surface area (Å²) in [4.78, 5) is 10.6. The average molecular weight is 139 g/mol. The van der Waals surface area contributed by atoms with E-state index in [4.69, 9.17) is 5.73 Å². The Bertz CT molecular complexity index is 207. The molecule has 1 aliphatic heterocycles. The third-order valence-electron chi connectivity index (χ3n) is 1.23. The molecule has 4 nitrogen and oxygen atoms in total. The molecule has 0 bridgehead atoms. The quantitative estimate of drug-likeness (QED) is 0.541. The molecule has 0 saturated carbocycles. The molecule has 2 N–H and O–H groups in total. The van der Waals surface area contributed by atoms with E-state index in [9.17, 15) is 4.79 Å². The number of nitrogens with zero attached hydrogens (tertiary/aromatic N) is 2. The van der Waals surface area contributed by atoms with Gasteiger partial charge in [-0.15, -0.1) is 0 Å². The van der Waals surface area contributed by atoms with Crippen LogP contribution < -0.4 is 5.73 Å². The standard InChI is InChI=1S/C6H9N3O/c1-9-4-5(6(7)10)2-3-8-9/h3-4H,2H2,1H3,(H2,7,10). The first-order valence-electron chi connectivity index (χ1n) is 2.96. The Morgan fingerprint density at radius 3 is 3.00 bits per heavy atom. The van der Waals surface area contributed by atoms with E-state index in [-0.39, 0.29) is 5.91 Å². The molecule has 4 heteroatoms. The van der Waals surface area contributed by atoms with Crippen LogP contribution in [0.25, 0.3) is 0 Å². The zero-order valence-electron chi connectivity index (χ0n) is 5.74. The molecule has 0 aromatic rings. The Morgan fingerprint density at radius 2 is 2.60 bits per heavy atom. The molecule has 1 rings (SSSR count). The lowest BCUT2D eigenvalue weighted by Crippen LogP contribution is -2.19. The molecular formula is C6H9N3O. The highest BCUT2D eigenvalue weighted by Crippen LogP contribution is 2.05. The number of hydrogen-bond acceptors (Lipinski definition) is 3. The van der Waals surface area contributed by atoms with Gasteiger partial charge in [-0.05, 0) is 0 Å². The van der Waals surface area contributed by atoms with Crippen LogP contribution in [0.4, 0.5) is 0 Å². The monoisotopic (exact) mass is 139 g/mol. The van der Waals surface area contributed by atoms with Crippen molar-refractivity contribution in [3.05, 3.63) is 11.8 Å². The first-order valence-corrected chi connectivity index (χ1v) is 2.96. The van der Waals surface area contributed by atoms with Crippen LogP contribution in [0.5, 0.6) is 0 Å². The van der Waals surface area contributed by atoms with E-state index in [1.54, 1.807) is 24.5 Å². The van der Waals surface area contributed by atoms with Gasteiger partial charge in [0.05, 0.1) is 0 Å². The van der Waals surface area contributed by atoms with Gasteiger partial charge in [0.1, 0.15) is 0 Å². The third-order valence-corrected chi connectivity index (χ3v) is 1.23. The number of primary amides is 1. The third kappa shape index (κ3) is 1.34. The summed E-state index contributed by atoms with van der Waals surface area (Å²) in [6.07, 6.45) is 3.82. The van der Waals surface area contributed by atoms with Gasteiger partial charge in [-0.25, -0.2) is 0 Å². The number of carbonyl (C=O) groups is 1. The van der Waals surface area contributed by atoms with Crippen molar-refractivity contribution in [1.82, 2.24) is 5.01 Å². The summed E-state index contributed by atoms with van der Waals surface area (Å²) in [5.74, 6) is -0.377. The Hall–Kier alpha value is -1.32. The maximum absolute atomic E-state index is 10.6. The van der Waals surface area contributed by atoms with Gasteiger partial charge in [0.2, 0.25) is 5.91 Å². The minimum Gasteiger partial charge on any atom is -0.366 e. The molecule has 0 spiro atoms. The van der Waals surface area contributed by atoms with Crippen molar-refractivity contribution in [2.45, 2.75) is 6.42 Å². The summed E-state index contributed by atoms with van der Waals surface area (Å²) < 4.78 is 0. The topological polar surface area (TPSA) is 58.7 Å². The van der Waals surface area contributed by atoms with Crippen molar-refractivity contribution in [2.75, 3.05) is 7.05 Å². The van der Waals surface area contributed by atoms with E-state index in [2.05, 4.69) is 5.10 Å². The zero-order valence-corrected chi connectivity index (χ0v) is 5.74. The molecule has 0 aromatic heterocycles. The van der Waals surface area contributed by atoms with Gasteiger partial charge in [-0.2, -0.15) is 5.10 Å². The van der Waals surface area contributed by atoms with Gasteiger partial charge < -0.3 is 5.73 Å². The normalized spacial score (nSPS) is 16.9. The number of hydrogen-bond donors (Lipinski definition) is 1. The molecule has 1 heterocycles. The van der Waals surface area contributed by atoms with Crippen LogP contribution >= 0.6 is 0 Å². The summed E-state index contributed by atoms with van der Waals surface area (Å²) in [6, 6.07) is 0. The molecule has 0 aliphatic carbocycles. The predicted octanol–water partition coefficient (Wildman–Crippen LogP) is -0.323. The number of nitrogens with two attached hydrogens (primary N) is 1. The SMILES string of the molecule is CN1C=C(C(N)=O)CC=N1. The molecule has 10 heavy (non-hydrogen) atoms. The first-order chi connectivity index (χ1) is 4.70. The summed E-state index contributed by atoms with van der Waals surface area (Å²) in [5, 5.41) is 5.45. The van der Waals surface area contributed by atoms with Crippen molar-refractivity contribution < 1.29 is 4.79 Å². The number of carbonyl (C=O) groups excluding carboxylic acids is 1. The lowest BCUT2D eigenvalue weighted by molar-refractivity contribution is -0.114. The molecule has 0 atom stereocenters. The van der Waals surface area contributed by atoms with Gasteiger partial charge >= 0.3 is 0 Å². The van der Waals surface area contributed by atoms with E-state index in [1.165, 1.54) is 0 Å². The predicted molar refractivity (Wildman–Crippen MR) is 38.1 cm³/mol. The molecule has 0 fully saturated rings. The van der Waals surface area contributed by atoms with Crippen LogP contribution in [0.15, 0.2) is 16.9 Å². The maximum atomic E-state index is 10.6. The van der Waals surface area contributed by atoms with Crippen LogP contribution in [-0.4, -0.2) is 24.2 Å². The van der Waals surface area contributed by atoms with Crippen molar-refractivity contribution in [1.29, 1.82) is 0 Å². The molecular weight excluding hydrogens is 130 g/mol. The molecule has 0 aromatic carbocycles. The molecule has 0 unspecified atom stereocenters. The molecule has 1 amide bonds. The average Bonchev–Trinajstić information content (AvgIpc) is 1.88. The minimum atomic E-state index is -0.377. The number of amides is 1. The highest BCUT2D eigenvalue weighted by Gasteiger charge is 2.07. The van der Waals surface area contributed by atoms with Crippen LogP contribution in [0.2, 0.25) is 0 Å².